The SMILES string of the molecule is CC(C)(C)OC(=O)N1Cc2c(c3ccc4cnccc4c3n2C(=O)OC(C)(C)C)C1=O.CC1(C)OB(c2cncc(OCCN3CCOCC3)c2)OC1(C)C.O=C1NCc2[nH]c3c(ccc4cnc(-c5cncc(OCCN6CCOCC6)c5)cc43)c21. The minimum Gasteiger partial charge on any atom is -0.491 e. The van der Waals surface area contributed by atoms with E-state index < -0.39 is 36.4 Å². The van der Waals surface area contributed by atoms with Crippen LogP contribution in [-0.2, 0) is 41.3 Å². The molecule has 22 nitrogen and oxygen atoms in total. The van der Waals surface area contributed by atoms with E-state index in [4.69, 9.17) is 37.7 Å². The number of rotatable bonds is 10. The number of carbonyl (C=O) groups excluding carboxylic acids is 4. The Hall–Kier alpha value is -8.06. The molecular weight excluding hydrogens is 1110 g/mol. The van der Waals surface area contributed by atoms with E-state index in [-0.39, 0.29) is 23.7 Å². The minimum absolute atomic E-state index is 0.0222. The first-order chi connectivity index (χ1) is 41.5. The molecule has 3 saturated heterocycles. The fourth-order valence-corrected chi connectivity index (χ4v) is 11.0. The number of amides is 3. The number of benzene rings is 2. The van der Waals surface area contributed by atoms with Gasteiger partial charge in [-0.3, -0.25) is 39.3 Å². The van der Waals surface area contributed by atoms with E-state index in [1.54, 1.807) is 90.9 Å². The maximum atomic E-state index is 13.2. The predicted octanol–water partition coefficient (Wildman–Crippen LogP) is 8.69. The Morgan fingerprint density at radius 3 is 1.90 bits per heavy atom. The van der Waals surface area contributed by atoms with Gasteiger partial charge in [0.05, 0.1) is 96.7 Å². The Balaban J connectivity index is 0.000000137. The van der Waals surface area contributed by atoms with E-state index in [0.29, 0.717) is 41.9 Å². The van der Waals surface area contributed by atoms with Crippen molar-refractivity contribution < 1.29 is 56.9 Å². The summed E-state index contributed by atoms with van der Waals surface area (Å²) in [7, 11) is -0.412. The van der Waals surface area contributed by atoms with Gasteiger partial charge in [0.2, 0.25) is 0 Å². The highest BCUT2D eigenvalue weighted by atomic mass is 16.7. The molecule has 11 heterocycles. The van der Waals surface area contributed by atoms with Gasteiger partial charge in [0, 0.05) is 119 Å². The quantitative estimate of drug-likeness (QED) is 0.122. The number of nitrogens with zero attached hydrogens (tertiary/aromatic N) is 8. The van der Waals surface area contributed by atoms with Crippen LogP contribution in [0.15, 0.2) is 91.9 Å². The van der Waals surface area contributed by atoms with Gasteiger partial charge in [-0.05, 0) is 93.5 Å². The van der Waals surface area contributed by atoms with Gasteiger partial charge in [0.15, 0.2) is 0 Å². The normalized spacial score (nSPS) is 17.6. The van der Waals surface area contributed by atoms with Crippen molar-refractivity contribution in [3.8, 4) is 22.8 Å². The summed E-state index contributed by atoms with van der Waals surface area (Å²) in [6.07, 6.45) is 10.9. The number of H-pyrrole nitrogens is 1. The standard InChI is InChI=1S/C24H23N5O3.C23H25N3O5.C17H27BN2O4/c30-24-22-18-2-1-15-12-26-20(10-19(15)23(18)28-21(22)14-27-24)16-9-17(13-25-11-16)32-8-5-29-3-6-31-7-4-29;1-22(2,3)30-20(28)25-12-16-17(19(25)27)15-8-7-13-11-24-10-9-14(13)18(15)26(16)21(29)31-23(4,5)6;1-16(2)17(3,4)24-18(23-16)14-11-15(13-19-12-14)22-10-7-20-5-8-21-9-6-20/h1-2,9-13,28H,3-8,14H2,(H,27,30);7-11H,12H2,1-6H3;11-13H,5-10H2,1-4H3. The molecule has 6 aromatic heterocycles. The van der Waals surface area contributed by atoms with Gasteiger partial charge in [-0.15, -0.1) is 0 Å². The second-order valence-electron chi connectivity index (χ2n) is 25.1. The van der Waals surface area contributed by atoms with Crippen molar-refractivity contribution in [2.75, 3.05) is 78.9 Å². The van der Waals surface area contributed by atoms with Crippen molar-refractivity contribution in [1.82, 2.24) is 49.5 Å². The van der Waals surface area contributed by atoms with Crippen molar-refractivity contribution in [1.29, 1.82) is 0 Å². The number of hydrogen-bond acceptors (Lipinski definition) is 18. The molecule has 8 aromatic rings. The number of nitrogens with one attached hydrogen (secondary N) is 2. The largest absolute Gasteiger partial charge is 0.496 e. The average molecular weight is 1190 g/mol. The van der Waals surface area contributed by atoms with E-state index in [9.17, 15) is 19.2 Å². The van der Waals surface area contributed by atoms with Crippen molar-refractivity contribution in [2.45, 2.75) is 105 Å². The van der Waals surface area contributed by atoms with Crippen LogP contribution >= 0.6 is 0 Å². The molecule has 0 unspecified atom stereocenters. The fourth-order valence-electron chi connectivity index (χ4n) is 11.0. The van der Waals surface area contributed by atoms with E-state index in [1.807, 2.05) is 64.2 Å². The summed E-state index contributed by atoms with van der Waals surface area (Å²) >= 11 is 0. The summed E-state index contributed by atoms with van der Waals surface area (Å²) in [5, 5.41) is 8.04. The minimum atomic E-state index is -0.754. The van der Waals surface area contributed by atoms with Gasteiger partial charge in [-0.1, -0.05) is 24.3 Å². The molecule has 2 N–H and O–H groups in total. The van der Waals surface area contributed by atoms with Crippen molar-refractivity contribution in [2.24, 2.45) is 0 Å². The monoisotopic (exact) mass is 1190 g/mol. The number of imide groups is 1. The molecule has 0 atom stereocenters. The number of ether oxygens (including phenoxy) is 6. The first-order valence-corrected chi connectivity index (χ1v) is 29.5. The Kier molecular flexibility index (Phi) is 17.1. The molecule has 3 amide bonds. The maximum Gasteiger partial charge on any atom is 0.496 e. The zero-order valence-electron chi connectivity index (χ0n) is 51.1. The molecule has 23 heteroatoms. The van der Waals surface area contributed by atoms with Gasteiger partial charge in [0.1, 0.15) is 35.9 Å². The van der Waals surface area contributed by atoms with Crippen molar-refractivity contribution >= 4 is 79.9 Å². The molecule has 0 aliphatic carbocycles. The smallest absolute Gasteiger partial charge is 0.491 e. The third-order valence-electron chi connectivity index (χ3n) is 16.0. The molecule has 13 rings (SSSR count). The van der Waals surface area contributed by atoms with Crippen LogP contribution in [-0.4, -0.2) is 177 Å². The van der Waals surface area contributed by atoms with E-state index in [0.717, 1.165) is 143 Å². The zero-order valence-corrected chi connectivity index (χ0v) is 51.1. The first kappa shape index (κ1) is 60.6. The number of aromatic nitrogens is 6. The summed E-state index contributed by atoms with van der Waals surface area (Å²) in [5.41, 5.74) is 4.33. The second kappa shape index (κ2) is 24.6. The Bertz CT molecular complexity index is 3880. The summed E-state index contributed by atoms with van der Waals surface area (Å²) in [6.45, 7) is 29.2. The molecule has 3 fully saturated rings. The highest BCUT2D eigenvalue weighted by Gasteiger charge is 2.52. The van der Waals surface area contributed by atoms with Gasteiger partial charge in [-0.25, -0.2) is 19.1 Å². The second-order valence-corrected chi connectivity index (χ2v) is 25.1. The molecule has 0 bridgehead atoms. The lowest BCUT2D eigenvalue weighted by Gasteiger charge is -2.32. The van der Waals surface area contributed by atoms with Gasteiger partial charge in [0.25, 0.3) is 11.8 Å². The van der Waals surface area contributed by atoms with Crippen LogP contribution in [0.3, 0.4) is 0 Å². The van der Waals surface area contributed by atoms with Crippen LogP contribution < -0.4 is 20.3 Å². The van der Waals surface area contributed by atoms with Crippen LogP contribution in [0.5, 0.6) is 11.5 Å². The number of carbonyl (C=O) groups is 4. The van der Waals surface area contributed by atoms with Gasteiger partial charge in [-0.2, -0.15) is 0 Å². The van der Waals surface area contributed by atoms with Gasteiger partial charge >= 0.3 is 19.3 Å². The van der Waals surface area contributed by atoms with Crippen LogP contribution in [0.25, 0.3) is 54.6 Å². The van der Waals surface area contributed by atoms with E-state index in [2.05, 4.69) is 46.1 Å². The van der Waals surface area contributed by atoms with Crippen LogP contribution in [0.1, 0.15) is 101 Å². The lowest BCUT2D eigenvalue weighted by atomic mass is 9.80. The highest BCUT2D eigenvalue weighted by molar-refractivity contribution is 6.62. The number of pyridine rings is 4. The Morgan fingerprint density at radius 2 is 1.25 bits per heavy atom. The topological polar surface area (TPSA) is 236 Å². The molecule has 0 saturated carbocycles. The molecule has 5 aliphatic heterocycles. The summed E-state index contributed by atoms with van der Waals surface area (Å²) in [6, 6.07) is 15.4. The predicted molar refractivity (Wildman–Crippen MR) is 328 cm³/mol. The molecular formula is C64H75BN10O12. The van der Waals surface area contributed by atoms with E-state index in [1.165, 1.54) is 4.57 Å². The molecule has 87 heavy (non-hydrogen) atoms. The van der Waals surface area contributed by atoms with Crippen molar-refractivity contribution in [3.63, 3.8) is 0 Å². The van der Waals surface area contributed by atoms with Crippen molar-refractivity contribution in [3.05, 3.63) is 114 Å². The van der Waals surface area contributed by atoms with Gasteiger partial charge < -0.3 is 48.0 Å². The number of morpholine rings is 2. The highest BCUT2D eigenvalue weighted by Crippen LogP contribution is 2.40. The number of hydrogen-bond donors (Lipinski definition) is 2. The molecule has 0 spiro atoms. The summed E-state index contributed by atoms with van der Waals surface area (Å²) in [4.78, 5) is 77.9. The summed E-state index contributed by atoms with van der Waals surface area (Å²) < 4.78 is 47.1. The number of aromatic amines is 1. The fraction of sp³-hybridized carbons (Fsp3) is 0.438. The average Bonchev–Trinajstić information content (AvgIpc) is 1.59. The molecule has 456 valence electrons. The number of fused-ring (bicyclic) bond motifs is 10. The van der Waals surface area contributed by atoms with Crippen LogP contribution in [0.2, 0.25) is 0 Å². The Labute approximate surface area is 505 Å². The molecule has 0 radical (unpaired) electrons. The van der Waals surface area contributed by atoms with Crippen LogP contribution in [0, 0.1) is 0 Å². The molecule has 2 aromatic carbocycles. The lowest BCUT2D eigenvalue weighted by molar-refractivity contribution is 0.00578. The van der Waals surface area contributed by atoms with E-state index >= 15 is 0 Å². The maximum absolute atomic E-state index is 13.2. The van der Waals surface area contributed by atoms with Crippen LogP contribution in [0.4, 0.5) is 9.59 Å². The molecule has 5 aliphatic rings. The third kappa shape index (κ3) is 13.3. The zero-order chi connectivity index (χ0) is 61.4. The third-order valence-corrected chi connectivity index (χ3v) is 16.0. The lowest BCUT2D eigenvalue weighted by Crippen LogP contribution is -2.41. The first-order valence-electron chi connectivity index (χ1n) is 29.5. The Morgan fingerprint density at radius 1 is 0.655 bits per heavy atom. The summed E-state index contributed by atoms with van der Waals surface area (Å²) in [5.74, 6) is 0.956.